The lowest BCUT2D eigenvalue weighted by molar-refractivity contribution is -0.182. The minimum Gasteiger partial charge on any atom is -0.460 e. The maximum absolute atomic E-state index is 13.8. The van der Waals surface area contributed by atoms with Crippen molar-refractivity contribution in [2.45, 2.75) is 149 Å². The molecule has 0 aliphatic rings. The van der Waals surface area contributed by atoms with Crippen molar-refractivity contribution in [3.8, 4) is 0 Å². The molecule has 1 aromatic carbocycles. The second kappa shape index (κ2) is 21.4. The van der Waals surface area contributed by atoms with Crippen LogP contribution in [-0.2, 0) is 25.7 Å². The van der Waals surface area contributed by atoms with Gasteiger partial charge in [0.2, 0.25) is 0 Å². The highest BCUT2D eigenvalue weighted by molar-refractivity contribution is 6.00. The zero-order valence-electron chi connectivity index (χ0n) is 26.0. The molecule has 0 unspecified atom stereocenters. The van der Waals surface area contributed by atoms with Gasteiger partial charge < -0.3 is 9.47 Å². The van der Waals surface area contributed by atoms with Crippen molar-refractivity contribution in [1.82, 2.24) is 0 Å². The van der Waals surface area contributed by atoms with Gasteiger partial charge in [-0.3, -0.25) is 9.59 Å². The van der Waals surface area contributed by atoms with Gasteiger partial charge in [0, 0.05) is 0 Å². The second-order valence-corrected chi connectivity index (χ2v) is 12.3. The van der Waals surface area contributed by atoms with E-state index in [1.165, 1.54) is 51.4 Å². The number of carbonyl (C=O) groups is 2. The average molecular weight is 555 g/mol. The number of esters is 2. The van der Waals surface area contributed by atoms with Gasteiger partial charge in [-0.2, -0.15) is 0 Å². The molecule has 0 aromatic heterocycles. The van der Waals surface area contributed by atoms with E-state index in [9.17, 15) is 9.59 Å². The van der Waals surface area contributed by atoms with Crippen molar-refractivity contribution in [1.29, 1.82) is 0 Å². The van der Waals surface area contributed by atoms with Gasteiger partial charge in [-0.1, -0.05) is 120 Å². The molecule has 0 amide bonds. The molecule has 0 saturated heterocycles. The minimum atomic E-state index is -1.25. The normalized spacial score (nSPS) is 11.7. The fourth-order valence-corrected chi connectivity index (χ4v) is 5.05. The fraction of sp³-hybridized carbons (Fsp3) is 0.667. The SMILES string of the molecule is C=CCCCCCCCCCC(CCCCCCCCCC=C)(C(=O)OCc1ccccc1)C(=O)OC(C)(C)C. The van der Waals surface area contributed by atoms with Crippen LogP contribution in [0, 0.1) is 5.41 Å². The first-order valence-electron chi connectivity index (χ1n) is 15.9. The molecule has 0 aliphatic heterocycles. The summed E-state index contributed by atoms with van der Waals surface area (Å²) >= 11 is 0. The van der Waals surface area contributed by atoms with Crippen LogP contribution in [0.5, 0.6) is 0 Å². The van der Waals surface area contributed by atoms with Crippen LogP contribution in [-0.4, -0.2) is 17.5 Å². The lowest BCUT2D eigenvalue weighted by Crippen LogP contribution is -2.44. The molecule has 0 radical (unpaired) electrons. The topological polar surface area (TPSA) is 52.6 Å². The molecule has 0 bridgehead atoms. The number of benzene rings is 1. The largest absolute Gasteiger partial charge is 0.460 e. The summed E-state index contributed by atoms with van der Waals surface area (Å²) in [5.74, 6) is -0.855. The van der Waals surface area contributed by atoms with Gasteiger partial charge in [-0.15, -0.1) is 13.2 Å². The molecular formula is C36H58O4. The van der Waals surface area contributed by atoms with Crippen LogP contribution in [0.15, 0.2) is 55.6 Å². The van der Waals surface area contributed by atoms with Crippen LogP contribution in [0.2, 0.25) is 0 Å². The number of ether oxygens (including phenoxy) is 2. The highest BCUT2D eigenvalue weighted by Gasteiger charge is 2.49. The van der Waals surface area contributed by atoms with Crippen LogP contribution in [0.1, 0.15) is 142 Å². The first-order valence-corrected chi connectivity index (χ1v) is 15.9. The Morgan fingerprint density at radius 1 is 0.650 bits per heavy atom. The molecule has 40 heavy (non-hydrogen) atoms. The van der Waals surface area contributed by atoms with Gasteiger partial charge in [0.1, 0.15) is 12.2 Å². The van der Waals surface area contributed by atoms with Gasteiger partial charge >= 0.3 is 11.9 Å². The van der Waals surface area contributed by atoms with E-state index in [2.05, 4.69) is 13.2 Å². The van der Waals surface area contributed by atoms with Crippen LogP contribution in [0.25, 0.3) is 0 Å². The summed E-state index contributed by atoms with van der Waals surface area (Å²) in [4.78, 5) is 27.5. The van der Waals surface area contributed by atoms with E-state index in [1.54, 1.807) is 0 Å². The lowest BCUT2D eigenvalue weighted by atomic mass is 9.77. The summed E-state index contributed by atoms with van der Waals surface area (Å²) in [6, 6.07) is 9.67. The van der Waals surface area contributed by atoms with Gasteiger partial charge in [-0.05, 0) is 64.9 Å². The third-order valence-electron chi connectivity index (χ3n) is 7.42. The number of unbranched alkanes of at least 4 members (excludes halogenated alkanes) is 14. The zero-order valence-corrected chi connectivity index (χ0v) is 26.0. The van der Waals surface area contributed by atoms with Crippen molar-refractivity contribution >= 4 is 11.9 Å². The molecule has 4 nitrogen and oxygen atoms in total. The van der Waals surface area contributed by atoms with Crippen LogP contribution < -0.4 is 0 Å². The van der Waals surface area contributed by atoms with Crippen LogP contribution >= 0.6 is 0 Å². The summed E-state index contributed by atoms with van der Waals surface area (Å²) in [7, 11) is 0. The van der Waals surface area contributed by atoms with Gasteiger partial charge in [0.15, 0.2) is 5.41 Å². The molecule has 0 atom stereocenters. The molecule has 0 N–H and O–H groups in total. The summed E-state index contributed by atoms with van der Waals surface area (Å²) < 4.78 is 11.7. The van der Waals surface area contributed by atoms with Crippen molar-refractivity contribution in [3.63, 3.8) is 0 Å². The highest BCUT2D eigenvalue weighted by atomic mass is 16.6. The lowest BCUT2D eigenvalue weighted by Gasteiger charge is -2.33. The Morgan fingerprint density at radius 2 is 1.07 bits per heavy atom. The number of allylic oxidation sites excluding steroid dienone is 2. The fourth-order valence-electron chi connectivity index (χ4n) is 5.05. The molecule has 0 heterocycles. The number of rotatable bonds is 24. The Hall–Kier alpha value is -2.36. The summed E-state index contributed by atoms with van der Waals surface area (Å²) in [6.45, 7) is 13.3. The molecule has 226 valence electrons. The summed E-state index contributed by atoms with van der Waals surface area (Å²) in [5, 5.41) is 0. The van der Waals surface area contributed by atoms with Gasteiger partial charge in [-0.25, -0.2) is 0 Å². The molecule has 0 saturated carbocycles. The molecule has 1 rings (SSSR count). The van der Waals surface area contributed by atoms with E-state index < -0.39 is 23.0 Å². The van der Waals surface area contributed by atoms with Gasteiger partial charge in [0.05, 0.1) is 0 Å². The van der Waals surface area contributed by atoms with E-state index in [-0.39, 0.29) is 6.61 Å². The predicted molar refractivity (Wildman–Crippen MR) is 168 cm³/mol. The van der Waals surface area contributed by atoms with E-state index in [0.29, 0.717) is 12.8 Å². The van der Waals surface area contributed by atoms with Crippen LogP contribution in [0.3, 0.4) is 0 Å². The molecule has 1 aromatic rings. The van der Waals surface area contributed by atoms with Crippen LogP contribution in [0.4, 0.5) is 0 Å². The smallest absolute Gasteiger partial charge is 0.324 e. The quantitative estimate of drug-likeness (QED) is 0.0552. The third kappa shape index (κ3) is 16.0. The van der Waals surface area contributed by atoms with E-state index in [4.69, 9.17) is 9.47 Å². The van der Waals surface area contributed by atoms with Gasteiger partial charge in [0.25, 0.3) is 0 Å². The monoisotopic (exact) mass is 554 g/mol. The van der Waals surface area contributed by atoms with Crippen molar-refractivity contribution in [3.05, 3.63) is 61.2 Å². The van der Waals surface area contributed by atoms with E-state index in [1.807, 2.05) is 63.3 Å². The van der Waals surface area contributed by atoms with Crippen molar-refractivity contribution < 1.29 is 19.1 Å². The number of carbonyl (C=O) groups excluding carboxylic acids is 2. The Kier molecular flexibility index (Phi) is 19.1. The Bertz CT molecular complexity index is 795. The van der Waals surface area contributed by atoms with E-state index in [0.717, 1.165) is 56.9 Å². The maximum Gasteiger partial charge on any atom is 0.324 e. The first-order chi connectivity index (χ1) is 19.2. The standard InChI is InChI=1S/C36H58O4/c1-6-8-10-12-14-16-18-20-25-29-36(34(38)40-35(3,4)5,30-26-21-19-17-15-13-11-9-7-2)33(37)39-31-32-27-23-22-24-28-32/h6-7,22-24,27-28H,1-2,8-21,25-26,29-31H2,3-5H3. The third-order valence-corrected chi connectivity index (χ3v) is 7.42. The molecule has 0 spiro atoms. The average Bonchev–Trinajstić information content (AvgIpc) is 2.92. The molecule has 4 heteroatoms. The molecular weight excluding hydrogens is 496 g/mol. The summed E-state index contributed by atoms with van der Waals surface area (Å²) in [6.07, 6.45) is 22.6. The van der Waals surface area contributed by atoms with E-state index >= 15 is 0 Å². The molecule has 0 aliphatic carbocycles. The Morgan fingerprint density at radius 3 is 1.50 bits per heavy atom. The predicted octanol–water partition coefficient (Wildman–Crippen LogP) is 10.5. The second-order valence-electron chi connectivity index (χ2n) is 12.3. The van der Waals surface area contributed by atoms with Crippen molar-refractivity contribution in [2.24, 2.45) is 5.41 Å². The number of hydrogen-bond acceptors (Lipinski definition) is 4. The summed E-state index contributed by atoms with van der Waals surface area (Å²) in [5.41, 5.74) is -1.00. The number of hydrogen-bond donors (Lipinski definition) is 0. The molecule has 0 fully saturated rings. The maximum atomic E-state index is 13.8. The Labute approximate surface area is 246 Å². The zero-order chi connectivity index (χ0) is 29.5. The first kappa shape index (κ1) is 35.7. The van der Waals surface area contributed by atoms with Crippen molar-refractivity contribution in [2.75, 3.05) is 0 Å². The minimum absolute atomic E-state index is 0.166. The Balaban J connectivity index is 2.85. The highest BCUT2D eigenvalue weighted by Crippen LogP contribution is 2.37.